The first-order chi connectivity index (χ1) is 9.99. The molecule has 0 unspecified atom stereocenters. The van der Waals surface area contributed by atoms with Gasteiger partial charge < -0.3 is 26.9 Å². The Morgan fingerprint density at radius 2 is 2.14 bits per heavy atom. The van der Waals surface area contributed by atoms with Crippen LogP contribution >= 0.6 is 0 Å². The Balaban J connectivity index is 1.95. The van der Waals surface area contributed by atoms with Crippen LogP contribution in [-0.2, 0) is 11.2 Å². The molecule has 6 nitrogen and oxygen atoms in total. The van der Waals surface area contributed by atoms with Crippen molar-refractivity contribution in [3.05, 3.63) is 36.0 Å². The van der Waals surface area contributed by atoms with Crippen molar-refractivity contribution in [3.63, 3.8) is 0 Å². The van der Waals surface area contributed by atoms with Gasteiger partial charge in [-0.25, -0.2) is 0 Å². The minimum Gasteiger partial charge on any atom is -0.391 e. The highest BCUT2D eigenvalue weighted by Gasteiger charge is 2.21. The molecular weight excluding hydrogens is 268 g/mol. The summed E-state index contributed by atoms with van der Waals surface area (Å²) in [4.78, 5) is 14.4. The zero-order chi connectivity index (χ0) is 15.4. The van der Waals surface area contributed by atoms with Gasteiger partial charge in [0.1, 0.15) is 6.04 Å². The number of nitrogens with one attached hydrogen (secondary N) is 2. The molecule has 1 aromatic carbocycles. The van der Waals surface area contributed by atoms with Crippen LogP contribution in [0, 0.1) is 0 Å². The maximum absolute atomic E-state index is 11.2. The fraction of sp³-hybridized carbons (Fsp3) is 0.400. The van der Waals surface area contributed by atoms with Crippen molar-refractivity contribution in [2.24, 2.45) is 11.5 Å². The van der Waals surface area contributed by atoms with Crippen LogP contribution in [0.5, 0.6) is 0 Å². The molecule has 0 radical (unpaired) electrons. The number of carbonyl (C=O) groups is 1. The van der Waals surface area contributed by atoms with E-state index in [-0.39, 0.29) is 6.04 Å². The zero-order valence-electron chi connectivity index (χ0n) is 12.0. The Morgan fingerprint density at radius 3 is 2.81 bits per heavy atom. The normalized spacial score (nSPS) is 15.8. The van der Waals surface area contributed by atoms with Gasteiger partial charge in [0.2, 0.25) is 5.91 Å². The molecular formula is C15H22N4O2. The predicted octanol–water partition coefficient (Wildman–Crippen LogP) is -0.138. The lowest BCUT2D eigenvalue weighted by Gasteiger charge is -2.20. The van der Waals surface area contributed by atoms with Crippen LogP contribution in [0.4, 0.5) is 0 Å². The van der Waals surface area contributed by atoms with Gasteiger partial charge in [-0.3, -0.25) is 4.79 Å². The summed E-state index contributed by atoms with van der Waals surface area (Å²) in [7, 11) is 0. The van der Waals surface area contributed by atoms with Gasteiger partial charge in [0.25, 0.3) is 0 Å². The first-order valence-corrected chi connectivity index (χ1v) is 7.00. The maximum atomic E-state index is 11.2. The summed E-state index contributed by atoms with van der Waals surface area (Å²) in [6.45, 7) is 1.92. The summed E-state index contributed by atoms with van der Waals surface area (Å²) in [5.74, 6) is -0.579. The Kier molecular flexibility index (Phi) is 4.95. The zero-order valence-corrected chi connectivity index (χ0v) is 12.0. The number of H-pyrrole nitrogens is 1. The Hall–Kier alpha value is -1.89. The summed E-state index contributed by atoms with van der Waals surface area (Å²) in [5, 5.41) is 13.6. The number of aromatic nitrogens is 1. The molecule has 0 aliphatic carbocycles. The first-order valence-electron chi connectivity index (χ1n) is 7.00. The topological polar surface area (TPSA) is 117 Å². The molecule has 0 aliphatic rings. The Labute approximate surface area is 123 Å². The highest BCUT2D eigenvalue weighted by molar-refractivity contribution is 5.83. The van der Waals surface area contributed by atoms with Crippen molar-refractivity contribution in [2.75, 3.05) is 6.54 Å². The average Bonchev–Trinajstić information content (AvgIpc) is 2.81. The summed E-state index contributed by atoms with van der Waals surface area (Å²) in [5.41, 5.74) is 13.5. The molecule has 3 atom stereocenters. The number of hydrogen-bond donors (Lipinski definition) is 5. The molecule has 6 heteroatoms. The SMILES string of the molecule is C[C@@H](O)[C@H](NC[C@H](N)Cc1c[nH]c2ccccc12)C(N)=O. The number of aliphatic hydroxyl groups is 1. The van der Waals surface area contributed by atoms with E-state index in [4.69, 9.17) is 11.5 Å². The van der Waals surface area contributed by atoms with Crippen LogP contribution in [0.3, 0.4) is 0 Å². The molecule has 114 valence electrons. The van der Waals surface area contributed by atoms with Gasteiger partial charge in [0.15, 0.2) is 0 Å². The largest absolute Gasteiger partial charge is 0.391 e. The molecule has 1 amide bonds. The molecule has 0 spiro atoms. The summed E-state index contributed by atoms with van der Waals surface area (Å²) in [6.07, 6.45) is 1.77. The number of para-hydroxylation sites is 1. The molecule has 2 rings (SSSR count). The molecule has 0 saturated heterocycles. The second kappa shape index (κ2) is 6.71. The van der Waals surface area contributed by atoms with Crippen molar-refractivity contribution < 1.29 is 9.90 Å². The molecule has 0 fully saturated rings. The van der Waals surface area contributed by atoms with Gasteiger partial charge >= 0.3 is 0 Å². The van der Waals surface area contributed by atoms with E-state index in [9.17, 15) is 9.90 Å². The van der Waals surface area contributed by atoms with E-state index in [1.54, 1.807) is 0 Å². The molecule has 21 heavy (non-hydrogen) atoms. The van der Waals surface area contributed by atoms with Crippen molar-refractivity contribution in [1.82, 2.24) is 10.3 Å². The number of fused-ring (bicyclic) bond motifs is 1. The number of carbonyl (C=O) groups excluding carboxylic acids is 1. The van der Waals surface area contributed by atoms with E-state index in [2.05, 4.69) is 10.3 Å². The smallest absolute Gasteiger partial charge is 0.237 e. The lowest BCUT2D eigenvalue weighted by atomic mass is 10.0. The van der Waals surface area contributed by atoms with Crippen molar-refractivity contribution in [2.45, 2.75) is 31.5 Å². The fourth-order valence-corrected chi connectivity index (χ4v) is 2.44. The summed E-state index contributed by atoms with van der Waals surface area (Å²) >= 11 is 0. The standard InChI is InChI=1S/C15H22N4O2/c1-9(20)14(15(17)21)19-8-11(16)6-10-7-18-13-5-3-2-4-12(10)13/h2-5,7,9,11,14,18-20H,6,8,16H2,1H3,(H2,17,21)/t9-,11-,14+/m1/s1. The maximum Gasteiger partial charge on any atom is 0.237 e. The summed E-state index contributed by atoms with van der Waals surface area (Å²) < 4.78 is 0. The molecule has 0 bridgehead atoms. The van der Waals surface area contributed by atoms with Crippen LogP contribution < -0.4 is 16.8 Å². The van der Waals surface area contributed by atoms with E-state index >= 15 is 0 Å². The summed E-state index contributed by atoms with van der Waals surface area (Å²) in [6, 6.07) is 7.07. The lowest BCUT2D eigenvalue weighted by Crippen LogP contribution is -2.51. The van der Waals surface area contributed by atoms with Gasteiger partial charge in [-0.2, -0.15) is 0 Å². The lowest BCUT2D eigenvalue weighted by molar-refractivity contribution is -0.122. The minimum absolute atomic E-state index is 0.176. The highest BCUT2D eigenvalue weighted by atomic mass is 16.3. The second-order valence-corrected chi connectivity index (χ2v) is 5.35. The third kappa shape index (κ3) is 3.81. The van der Waals surface area contributed by atoms with Crippen LogP contribution in [-0.4, -0.2) is 40.7 Å². The van der Waals surface area contributed by atoms with E-state index in [0.717, 1.165) is 16.5 Å². The van der Waals surface area contributed by atoms with Gasteiger partial charge in [0.05, 0.1) is 6.10 Å². The Bertz CT molecular complexity index is 608. The molecule has 0 saturated carbocycles. The van der Waals surface area contributed by atoms with Gasteiger partial charge in [-0.15, -0.1) is 0 Å². The van der Waals surface area contributed by atoms with Gasteiger partial charge in [-0.1, -0.05) is 18.2 Å². The number of aliphatic hydroxyl groups excluding tert-OH is 1. The van der Waals surface area contributed by atoms with E-state index < -0.39 is 18.1 Å². The van der Waals surface area contributed by atoms with Crippen LogP contribution in [0.1, 0.15) is 12.5 Å². The van der Waals surface area contributed by atoms with E-state index in [1.165, 1.54) is 6.92 Å². The molecule has 2 aromatic rings. The average molecular weight is 290 g/mol. The molecule has 7 N–H and O–H groups in total. The molecule has 1 aromatic heterocycles. The van der Waals surface area contributed by atoms with Crippen molar-refractivity contribution >= 4 is 16.8 Å². The van der Waals surface area contributed by atoms with Gasteiger partial charge in [0, 0.05) is 29.7 Å². The number of rotatable bonds is 7. The van der Waals surface area contributed by atoms with Crippen molar-refractivity contribution in [1.29, 1.82) is 0 Å². The minimum atomic E-state index is -0.845. The van der Waals surface area contributed by atoms with Gasteiger partial charge in [-0.05, 0) is 25.0 Å². The van der Waals surface area contributed by atoms with Crippen LogP contribution in [0.25, 0.3) is 10.9 Å². The number of hydrogen-bond acceptors (Lipinski definition) is 4. The predicted molar refractivity (Wildman–Crippen MR) is 82.6 cm³/mol. The second-order valence-electron chi connectivity index (χ2n) is 5.35. The third-order valence-electron chi connectivity index (χ3n) is 3.55. The first kappa shape index (κ1) is 15.5. The highest BCUT2D eigenvalue weighted by Crippen LogP contribution is 2.18. The number of primary amides is 1. The van der Waals surface area contributed by atoms with Crippen molar-refractivity contribution in [3.8, 4) is 0 Å². The number of benzene rings is 1. The fourth-order valence-electron chi connectivity index (χ4n) is 2.44. The molecule has 0 aliphatic heterocycles. The van der Waals surface area contributed by atoms with Crippen LogP contribution in [0.15, 0.2) is 30.5 Å². The third-order valence-corrected chi connectivity index (χ3v) is 3.55. The Morgan fingerprint density at radius 1 is 1.43 bits per heavy atom. The number of aromatic amines is 1. The molecule has 1 heterocycles. The number of amides is 1. The number of nitrogens with two attached hydrogens (primary N) is 2. The van der Waals surface area contributed by atoms with Crippen LogP contribution in [0.2, 0.25) is 0 Å². The van der Waals surface area contributed by atoms with E-state index in [1.807, 2.05) is 30.5 Å². The quantitative estimate of drug-likeness (QED) is 0.488. The monoisotopic (exact) mass is 290 g/mol. The van der Waals surface area contributed by atoms with E-state index in [0.29, 0.717) is 13.0 Å².